The van der Waals surface area contributed by atoms with Crippen LogP contribution in [0.5, 0.6) is 5.75 Å². The molecule has 1 saturated heterocycles. The average molecular weight is 405 g/mol. The Kier molecular flexibility index (Phi) is 5.92. The molecule has 0 spiro atoms. The van der Waals surface area contributed by atoms with Crippen molar-refractivity contribution in [2.45, 2.75) is 31.2 Å². The number of methoxy groups -OCH3 is 1. The summed E-state index contributed by atoms with van der Waals surface area (Å²) in [5.41, 5.74) is -0.431. The van der Waals surface area contributed by atoms with Crippen molar-refractivity contribution in [2.24, 2.45) is 0 Å². The Hall–Kier alpha value is -3.28. The Morgan fingerprint density at radius 3 is 2.55 bits per heavy atom. The number of benzene rings is 1. The molecule has 0 amide bonds. The fourth-order valence-electron chi connectivity index (χ4n) is 3.25. The second-order valence-corrected chi connectivity index (χ2v) is 6.56. The predicted molar refractivity (Wildman–Crippen MR) is 97.4 cm³/mol. The van der Waals surface area contributed by atoms with Gasteiger partial charge in [-0.25, -0.2) is 9.78 Å². The summed E-state index contributed by atoms with van der Waals surface area (Å²) in [6, 6.07) is 9.74. The molecule has 1 aromatic heterocycles. The van der Waals surface area contributed by atoms with Gasteiger partial charge in [-0.05, 0) is 36.4 Å². The molecule has 1 aromatic carbocycles. The lowest BCUT2D eigenvalue weighted by Crippen LogP contribution is -2.30. The molecular weight excluding hydrogens is 387 g/mol. The minimum absolute atomic E-state index is 0.157. The van der Waals surface area contributed by atoms with Gasteiger partial charge in [0, 0.05) is 18.7 Å². The molecule has 1 fully saturated rings. The smallest absolute Gasteiger partial charge is 0.416 e. The van der Waals surface area contributed by atoms with E-state index in [1.807, 2.05) is 4.90 Å². The summed E-state index contributed by atoms with van der Waals surface area (Å²) in [6.45, 7) is 0.415. The summed E-state index contributed by atoms with van der Waals surface area (Å²) in [7, 11) is 1.28. The lowest BCUT2D eigenvalue weighted by Gasteiger charge is -2.23. The highest BCUT2D eigenvalue weighted by atomic mass is 19.4. The van der Waals surface area contributed by atoms with Gasteiger partial charge in [-0.15, -0.1) is 0 Å². The third-order valence-corrected chi connectivity index (χ3v) is 4.65. The van der Waals surface area contributed by atoms with Crippen molar-refractivity contribution in [1.82, 2.24) is 4.98 Å². The normalized spacial score (nSPS) is 18.9. The highest BCUT2D eigenvalue weighted by molar-refractivity contribution is 5.89. The Labute approximate surface area is 165 Å². The fraction of sp³-hybridized carbons (Fsp3) is 0.350. The summed E-state index contributed by atoms with van der Waals surface area (Å²) >= 11 is 0. The first-order valence-electron chi connectivity index (χ1n) is 8.83. The first-order valence-corrected chi connectivity index (χ1v) is 8.83. The molecule has 2 aromatic rings. The Bertz CT molecular complexity index is 892. The van der Waals surface area contributed by atoms with Gasteiger partial charge in [0.25, 0.3) is 0 Å². The maximum atomic E-state index is 12.7. The number of ether oxygens (including phenoxy) is 2. The highest BCUT2D eigenvalue weighted by Gasteiger charge is 2.35. The Morgan fingerprint density at radius 1 is 1.28 bits per heavy atom. The number of aromatic nitrogens is 1. The van der Waals surface area contributed by atoms with Crippen LogP contribution in [-0.2, 0) is 10.9 Å². The van der Waals surface area contributed by atoms with Gasteiger partial charge >= 0.3 is 12.1 Å². The van der Waals surface area contributed by atoms with E-state index in [1.54, 1.807) is 12.1 Å². The third-order valence-electron chi connectivity index (χ3n) is 4.65. The van der Waals surface area contributed by atoms with Gasteiger partial charge in [0.05, 0.1) is 37.3 Å². The van der Waals surface area contributed by atoms with Crippen LogP contribution in [0.4, 0.5) is 19.0 Å². The van der Waals surface area contributed by atoms with Crippen LogP contribution in [0.25, 0.3) is 0 Å². The lowest BCUT2D eigenvalue weighted by molar-refractivity contribution is -0.137. The van der Waals surface area contributed by atoms with E-state index in [9.17, 15) is 18.0 Å². The van der Waals surface area contributed by atoms with Crippen molar-refractivity contribution in [2.75, 3.05) is 18.6 Å². The average Bonchev–Trinajstić information content (AvgIpc) is 3.10. The molecular formula is C20H18F3N3O3. The van der Waals surface area contributed by atoms with Crippen molar-refractivity contribution >= 4 is 11.8 Å². The quantitative estimate of drug-likeness (QED) is 0.704. The number of hydrogen-bond acceptors (Lipinski definition) is 6. The van der Waals surface area contributed by atoms with Crippen LogP contribution in [-0.4, -0.2) is 36.8 Å². The van der Waals surface area contributed by atoms with E-state index < -0.39 is 17.7 Å². The number of pyridine rings is 1. The molecule has 1 aliphatic rings. The number of carbonyl (C=O) groups excluding carboxylic acids is 1. The number of nitriles is 1. The first kappa shape index (κ1) is 20.5. The van der Waals surface area contributed by atoms with Gasteiger partial charge in [-0.1, -0.05) is 0 Å². The Morgan fingerprint density at radius 2 is 2.00 bits per heavy atom. The molecule has 0 saturated carbocycles. The molecule has 0 bridgehead atoms. The summed E-state index contributed by atoms with van der Waals surface area (Å²) in [6.07, 6.45) is -2.55. The maximum absolute atomic E-state index is 12.7. The summed E-state index contributed by atoms with van der Waals surface area (Å²) in [4.78, 5) is 17.7. The molecule has 9 heteroatoms. The van der Waals surface area contributed by atoms with Crippen LogP contribution in [0.3, 0.4) is 0 Å². The zero-order valence-corrected chi connectivity index (χ0v) is 15.5. The molecule has 29 heavy (non-hydrogen) atoms. The molecule has 3 rings (SSSR count). The van der Waals surface area contributed by atoms with Crippen LogP contribution < -0.4 is 9.64 Å². The Balaban J connectivity index is 1.72. The molecule has 0 unspecified atom stereocenters. The molecule has 152 valence electrons. The van der Waals surface area contributed by atoms with Crippen molar-refractivity contribution in [3.8, 4) is 11.8 Å². The molecule has 2 atom stereocenters. The summed E-state index contributed by atoms with van der Waals surface area (Å²) in [5, 5.41) is 9.12. The highest BCUT2D eigenvalue weighted by Crippen LogP contribution is 2.32. The van der Waals surface area contributed by atoms with Gasteiger partial charge in [-0.2, -0.15) is 18.4 Å². The van der Waals surface area contributed by atoms with E-state index >= 15 is 0 Å². The van der Waals surface area contributed by atoms with E-state index in [1.165, 1.54) is 25.4 Å². The fourth-order valence-corrected chi connectivity index (χ4v) is 3.25. The number of anilines is 1. The SMILES string of the molecule is COC(=O)c1ccc(N2C[C@H](Oc3ccc(C(F)(F)F)cc3)C[C@H]2CC#N)nc1. The maximum Gasteiger partial charge on any atom is 0.416 e. The molecule has 0 radical (unpaired) electrons. The number of halogens is 3. The van der Waals surface area contributed by atoms with Crippen LogP contribution in [0.1, 0.15) is 28.8 Å². The molecule has 6 nitrogen and oxygen atoms in total. The second-order valence-electron chi connectivity index (χ2n) is 6.56. The van der Waals surface area contributed by atoms with Crippen molar-refractivity contribution in [3.63, 3.8) is 0 Å². The van der Waals surface area contributed by atoms with Gasteiger partial charge in [0.1, 0.15) is 17.7 Å². The van der Waals surface area contributed by atoms with Crippen molar-refractivity contribution < 1.29 is 27.4 Å². The topological polar surface area (TPSA) is 75.4 Å². The van der Waals surface area contributed by atoms with Crippen molar-refractivity contribution in [1.29, 1.82) is 5.26 Å². The van der Waals surface area contributed by atoms with Crippen LogP contribution in [0, 0.1) is 11.3 Å². The number of nitrogens with zero attached hydrogens (tertiary/aromatic N) is 3. The molecule has 2 heterocycles. The molecule has 0 N–H and O–H groups in total. The van der Waals surface area contributed by atoms with Gasteiger partial charge < -0.3 is 14.4 Å². The van der Waals surface area contributed by atoms with E-state index in [-0.39, 0.29) is 18.6 Å². The number of esters is 1. The number of rotatable bonds is 5. The van der Waals surface area contributed by atoms with Gasteiger partial charge in [0.2, 0.25) is 0 Å². The minimum atomic E-state index is -4.40. The molecule has 0 aliphatic carbocycles. The van der Waals surface area contributed by atoms with Gasteiger partial charge in [-0.3, -0.25) is 0 Å². The van der Waals surface area contributed by atoms with E-state index in [0.717, 1.165) is 12.1 Å². The number of hydrogen-bond donors (Lipinski definition) is 0. The number of carbonyl (C=O) groups is 1. The second kappa shape index (κ2) is 8.39. The van der Waals surface area contributed by atoms with E-state index in [2.05, 4.69) is 15.8 Å². The first-order chi connectivity index (χ1) is 13.8. The number of alkyl halides is 3. The summed E-state index contributed by atoms with van der Waals surface area (Å²) in [5.74, 6) is 0.411. The predicted octanol–water partition coefficient (Wildman–Crippen LogP) is 3.83. The van der Waals surface area contributed by atoms with E-state index in [4.69, 9.17) is 10.00 Å². The zero-order valence-electron chi connectivity index (χ0n) is 15.5. The molecule has 1 aliphatic heterocycles. The summed E-state index contributed by atoms with van der Waals surface area (Å²) < 4.78 is 48.5. The van der Waals surface area contributed by atoms with Crippen LogP contribution >= 0.6 is 0 Å². The standard InChI is InChI=1S/C20H18F3N3O3/c1-28-19(27)13-2-7-18(25-11-13)26-12-17(10-15(26)8-9-24)29-16-5-3-14(4-6-16)20(21,22)23/h2-7,11,15,17H,8,10,12H2,1H3/t15-,17-/m1/s1. The van der Waals surface area contributed by atoms with Crippen molar-refractivity contribution in [3.05, 3.63) is 53.7 Å². The van der Waals surface area contributed by atoms with Crippen LogP contribution in [0.2, 0.25) is 0 Å². The van der Waals surface area contributed by atoms with E-state index in [0.29, 0.717) is 30.1 Å². The zero-order chi connectivity index (χ0) is 21.0. The lowest BCUT2D eigenvalue weighted by atomic mass is 10.1. The van der Waals surface area contributed by atoms with Gasteiger partial charge in [0.15, 0.2) is 0 Å². The largest absolute Gasteiger partial charge is 0.489 e. The monoisotopic (exact) mass is 405 g/mol. The minimum Gasteiger partial charge on any atom is -0.489 e. The third kappa shape index (κ3) is 4.77. The van der Waals surface area contributed by atoms with Crippen LogP contribution in [0.15, 0.2) is 42.6 Å².